The van der Waals surface area contributed by atoms with Gasteiger partial charge in [0.15, 0.2) is 0 Å². The van der Waals surface area contributed by atoms with Gasteiger partial charge < -0.3 is 19.7 Å². The molecule has 4 heteroatoms. The van der Waals surface area contributed by atoms with Gasteiger partial charge in [0.1, 0.15) is 0 Å². The van der Waals surface area contributed by atoms with E-state index in [0.29, 0.717) is 13.2 Å². The monoisotopic (exact) mass is 286 g/mol. The lowest BCUT2D eigenvalue weighted by molar-refractivity contribution is 0.0695. The van der Waals surface area contributed by atoms with Crippen LogP contribution in [0.3, 0.4) is 0 Å². The SMILES string of the molecule is COCCOCCCNCCCN(C)C1CCCCC1. The molecule has 1 aliphatic carbocycles. The van der Waals surface area contributed by atoms with Crippen LogP contribution >= 0.6 is 0 Å². The molecule has 0 saturated heterocycles. The zero-order chi connectivity index (χ0) is 14.5. The summed E-state index contributed by atoms with van der Waals surface area (Å²) in [5.41, 5.74) is 0. The second-order valence-electron chi connectivity index (χ2n) is 5.83. The van der Waals surface area contributed by atoms with Gasteiger partial charge in [0, 0.05) is 19.8 Å². The van der Waals surface area contributed by atoms with Crippen LogP contribution < -0.4 is 5.32 Å². The Hall–Kier alpha value is -0.160. The van der Waals surface area contributed by atoms with E-state index in [4.69, 9.17) is 9.47 Å². The number of nitrogens with zero attached hydrogens (tertiary/aromatic N) is 1. The van der Waals surface area contributed by atoms with Crippen LogP contribution in [0.5, 0.6) is 0 Å². The van der Waals surface area contributed by atoms with Crippen molar-refractivity contribution in [1.29, 1.82) is 0 Å². The van der Waals surface area contributed by atoms with Gasteiger partial charge >= 0.3 is 0 Å². The smallest absolute Gasteiger partial charge is 0.0700 e. The third kappa shape index (κ3) is 8.90. The number of hydrogen-bond donors (Lipinski definition) is 1. The summed E-state index contributed by atoms with van der Waals surface area (Å²) in [6.45, 7) is 5.64. The Morgan fingerprint density at radius 1 is 1.00 bits per heavy atom. The first-order valence-electron chi connectivity index (χ1n) is 8.32. The van der Waals surface area contributed by atoms with E-state index in [0.717, 1.165) is 32.2 Å². The fraction of sp³-hybridized carbons (Fsp3) is 1.00. The van der Waals surface area contributed by atoms with Crippen LogP contribution in [0.2, 0.25) is 0 Å². The Balaban J connectivity index is 1.82. The second-order valence-corrected chi connectivity index (χ2v) is 5.83. The average molecular weight is 286 g/mol. The molecule has 0 aromatic heterocycles. The average Bonchev–Trinajstić information content (AvgIpc) is 2.50. The molecule has 0 unspecified atom stereocenters. The van der Waals surface area contributed by atoms with Crippen LogP contribution in [-0.4, -0.2) is 64.6 Å². The van der Waals surface area contributed by atoms with Crippen molar-refractivity contribution in [2.75, 3.05) is 53.6 Å². The summed E-state index contributed by atoms with van der Waals surface area (Å²) in [7, 11) is 3.99. The number of methoxy groups -OCH3 is 1. The van der Waals surface area contributed by atoms with E-state index in [9.17, 15) is 0 Å². The molecule has 0 aliphatic heterocycles. The maximum absolute atomic E-state index is 5.42. The highest BCUT2D eigenvalue weighted by atomic mass is 16.5. The molecule has 0 amide bonds. The quantitative estimate of drug-likeness (QED) is 0.558. The number of ether oxygens (including phenoxy) is 2. The summed E-state index contributed by atoms with van der Waals surface area (Å²) in [6.07, 6.45) is 9.44. The summed E-state index contributed by atoms with van der Waals surface area (Å²) in [5.74, 6) is 0. The summed E-state index contributed by atoms with van der Waals surface area (Å²) in [5, 5.41) is 3.50. The molecule has 1 saturated carbocycles. The fourth-order valence-electron chi connectivity index (χ4n) is 2.83. The van der Waals surface area contributed by atoms with Crippen molar-refractivity contribution in [2.45, 2.75) is 51.0 Å². The minimum atomic E-state index is 0.695. The second kappa shape index (κ2) is 12.6. The minimum Gasteiger partial charge on any atom is -0.382 e. The van der Waals surface area contributed by atoms with Gasteiger partial charge in [-0.1, -0.05) is 19.3 Å². The van der Waals surface area contributed by atoms with Crippen molar-refractivity contribution in [1.82, 2.24) is 10.2 Å². The standard InChI is InChI=1S/C16H34N2O2/c1-18(16-8-4-3-5-9-16)12-6-10-17-11-7-13-20-15-14-19-2/h16-17H,3-15H2,1-2H3. The molecule has 0 spiro atoms. The summed E-state index contributed by atoms with van der Waals surface area (Å²) < 4.78 is 10.4. The molecule has 20 heavy (non-hydrogen) atoms. The van der Waals surface area contributed by atoms with Crippen molar-refractivity contribution < 1.29 is 9.47 Å². The van der Waals surface area contributed by atoms with Crippen molar-refractivity contribution in [3.63, 3.8) is 0 Å². The van der Waals surface area contributed by atoms with E-state index in [2.05, 4.69) is 17.3 Å². The third-order valence-corrected chi connectivity index (χ3v) is 4.14. The van der Waals surface area contributed by atoms with E-state index in [-0.39, 0.29) is 0 Å². The zero-order valence-electron chi connectivity index (χ0n) is 13.5. The molecule has 0 atom stereocenters. The molecule has 1 fully saturated rings. The highest BCUT2D eigenvalue weighted by molar-refractivity contribution is 4.73. The van der Waals surface area contributed by atoms with Crippen molar-refractivity contribution in [2.24, 2.45) is 0 Å². The van der Waals surface area contributed by atoms with Crippen LogP contribution in [-0.2, 0) is 9.47 Å². The molecular formula is C16H34N2O2. The lowest BCUT2D eigenvalue weighted by Gasteiger charge is -2.31. The van der Waals surface area contributed by atoms with E-state index in [1.54, 1.807) is 7.11 Å². The summed E-state index contributed by atoms with van der Waals surface area (Å²) in [6, 6.07) is 0.845. The van der Waals surface area contributed by atoms with Crippen LogP contribution in [0.25, 0.3) is 0 Å². The van der Waals surface area contributed by atoms with E-state index >= 15 is 0 Å². The lowest BCUT2D eigenvalue weighted by Crippen LogP contribution is -2.35. The Morgan fingerprint density at radius 3 is 2.50 bits per heavy atom. The van der Waals surface area contributed by atoms with Crippen molar-refractivity contribution >= 4 is 0 Å². The van der Waals surface area contributed by atoms with E-state index in [1.807, 2.05) is 0 Å². The molecule has 0 heterocycles. The molecule has 120 valence electrons. The Morgan fingerprint density at radius 2 is 1.75 bits per heavy atom. The molecular weight excluding hydrogens is 252 g/mol. The predicted molar refractivity (Wildman–Crippen MR) is 84.3 cm³/mol. The molecule has 1 rings (SSSR count). The summed E-state index contributed by atoms with van der Waals surface area (Å²) >= 11 is 0. The van der Waals surface area contributed by atoms with Gasteiger partial charge in [-0.3, -0.25) is 0 Å². The maximum Gasteiger partial charge on any atom is 0.0700 e. The van der Waals surface area contributed by atoms with Gasteiger partial charge in [-0.15, -0.1) is 0 Å². The predicted octanol–water partition coefficient (Wildman–Crippen LogP) is 2.28. The van der Waals surface area contributed by atoms with Gasteiger partial charge in [0.2, 0.25) is 0 Å². The van der Waals surface area contributed by atoms with Crippen molar-refractivity contribution in [3.8, 4) is 0 Å². The fourth-order valence-corrected chi connectivity index (χ4v) is 2.83. The Bertz CT molecular complexity index is 209. The number of rotatable bonds is 12. The summed E-state index contributed by atoms with van der Waals surface area (Å²) in [4.78, 5) is 2.56. The largest absolute Gasteiger partial charge is 0.382 e. The van der Waals surface area contributed by atoms with Crippen LogP contribution in [0, 0.1) is 0 Å². The van der Waals surface area contributed by atoms with Gasteiger partial charge in [0.25, 0.3) is 0 Å². The van der Waals surface area contributed by atoms with Crippen LogP contribution in [0.15, 0.2) is 0 Å². The lowest BCUT2D eigenvalue weighted by atomic mass is 9.94. The normalized spacial score (nSPS) is 16.9. The van der Waals surface area contributed by atoms with Gasteiger partial charge in [-0.05, 0) is 52.4 Å². The highest BCUT2D eigenvalue weighted by Crippen LogP contribution is 2.21. The number of hydrogen-bond acceptors (Lipinski definition) is 4. The molecule has 0 radical (unpaired) electrons. The highest BCUT2D eigenvalue weighted by Gasteiger charge is 2.16. The van der Waals surface area contributed by atoms with Crippen LogP contribution in [0.4, 0.5) is 0 Å². The number of nitrogens with one attached hydrogen (secondary N) is 1. The van der Waals surface area contributed by atoms with Gasteiger partial charge in [0.05, 0.1) is 13.2 Å². The molecule has 4 nitrogen and oxygen atoms in total. The van der Waals surface area contributed by atoms with Crippen molar-refractivity contribution in [3.05, 3.63) is 0 Å². The maximum atomic E-state index is 5.42. The Labute approximate surface area is 125 Å². The van der Waals surface area contributed by atoms with Gasteiger partial charge in [-0.25, -0.2) is 0 Å². The Kier molecular flexibility index (Phi) is 11.2. The van der Waals surface area contributed by atoms with Crippen LogP contribution in [0.1, 0.15) is 44.9 Å². The first-order valence-corrected chi connectivity index (χ1v) is 8.32. The van der Waals surface area contributed by atoms with E-state index < -0.39 is 0 Å². The molecule has 0 aromatic rings. The molecule has 1 N–H and O–H groups in total. The first kappa shape index (κ1) is 17.9. The molecule has 0 aromatic carbocycles. The van der Waals surface area contributed by atoms with E-state index in [1.165, 1.54) is 45.1 Å². The van der Waals surface area contributed by atoms with Gasteiger partial charge in [-0.2, -0.15) is 0 Å². The topological polar surface area (TPSA) is 33.7 Å². The zero-order valence-corrected chi connectivity index (χ0v) is 13.5. The minimum absolute atomic E-state index is 0.695. The molecule has 0 bridgehead atoms. The third-order valence-electron chi connectivity index (χ3n) is 4.14. The molecule has 1 aliphatic rings. The first-order chi connectivity index (χ1) is 9.84.